The van der Waals surface area contributed by atoms with Crippen molar-refractivity contribution in [1.82, 2.24) is 9.91 Å². The molecule has 3 saturated heterocycles. The zero-order chi connectivity index (χ0) is 15.4. The van der Waals surface area contributed by atoms with Crippen molar-refractivity contribution >= 4 is 34.8 Å². The van der Waals surface area contributed by atoms with Crippen LogP contribution in [0.3, 0.4) is 0 Å². The molecule has 5 rings (SSSR count). The molecule has 0 aliphatic carbocycles. The molecule has 116 valence electrons. The summed E-state index contributed by atoms with van der Waals surface area (Å²) in [6.07, 6.45) is 2.28. The molecule has 0 saturated carbocycles. The van der Waals surface area contributed by atoms with Crippen LogP contribution in [0.2, 0.25) is 10.0 Å². The number of carbonyl (C=O) groups is 1. The van der Waals surface area contributed by atoms with Gasteiger partial charge in [0.05, 0.1) is 11.8 Å². The van der Waals surface area contributed by atoms with Gasteiger partial charge in [-0.3, -0.25) is 9.69 Å². The highest BCUT2D eigenvalue weighted by Gasteiger charge is 2.51. The molecule has 2 unspecified atom stereocenters. The van der Waals surface area contributed by atoms with Crippen LogP contribution >= 0.6 is 23.2 Å². The Morgan fingerprint density at radius 1 is 1.23 bits per heavy atom. The number of piperidine rings is 3. The zero-order valence-corrected chi connectivity index (χ0v) is 13.8. The molecule has 0 spiro atoms. The van der Waals surface area contributed by atoms with Gasteiger partial charge in [-0.1, -0.05) is 29.3 Å². The first-order valence-electron chi connectivity index (χ1n) is 7.63. The molecule has 1 amide bonds. The summed E-state index contributed by atoms with van der Waals surface area (Å²) in [7, 11) is 0. The summed E-state index contributed by atoms with van der Waals surface area (Å²) in [5, 5.41) is 7.50. The molecular formula is C16H17Cl2N3O. The van der Waals surface area contributed by atoms with Crippen LogP contribution in [0.15, 0.2) is 23.3 Å². The molecule has 4 aliphatic rings. The summed E-state index contributed by atoms with van der Waals surface area (Å²) < 4.78 is 0. The van der Waals surface area contributed by atoms with Crippen molar-refractivity contribution in [2.45, 2.75) is 31.8 Å². The minimum Gasteiger partial charge on any atom is -0.293 e. The number of hydrazone groups is 1. The van der Waals surface area contributed by atoms with E-state index in [1.807, 2.05) is 12.1 Å². The van der Waals surface area contributed by atoms with E-state index >= 15 is 0 Å². The van der Waals surface area contributed by atoms with Crippen molar-refractivity contribution in [2.24, 2.45) is 11.0 Å². The Morgan fingerprint density at radius 3 is 2.59 bits per heavy atom. The summed E-state index contributed by atoms with van der Waals surface area (Å²) in [6.45, 7) is 3.71. The van der Waals surface area contributed by atoms with Crippen molar-refractivity contribution < 1.29 is 4.79 Å². The van der Waals surface area contributed by atoms with Gasteiger partial charge in [-0.05, 0) is 43.6 Å². The molecule has 4 aliphatic heterocycles. The highest BCUT2D eigenvalue weighted by Crippen LogP contribution is 2.45. The zero-order valence-electron chi connectivity index (χ0n) is 12.3. The molecule has 6 heteroatoms. The third-order valence-electron chi connectivity index (χ3n) is 5.03. The number of hydrogen-bond acceptors (Lipinski definition) is 3. The fraction of sp³-hybridized carbons (Fsp3) is 0.500. The van der Waals surface area contributed by atoms with Gasteiger partial charge in [0.1, 0.15) is 6.04 Å². The summed E-state index contributed by atoms with van der Waals surface area (Å²) >= 11 is 12.4. The van der Waals surface area contributed by atoms with E-state index in [2.05, 4.69) is 10.0 Å². The first kappa shape index (κ1) is 14.5. The number of carbonyl (C=O) groups excluding carboxylic acids is 1. The third kappa shape index (κ3) is 2.08. The second kappa shape index (κ2) is 5.22. The number of halogens is 2. The number of amides is 1. The SMILES string of the molecule is CC(=O)N1N=C2C3CCN(CC3)C2C1c1ccc(Cl)cc1Cl. The summed E-state index contributed by atoms with van der Waals surface area (Å²) in [5.74, 6) is 0.464. The molecule has 0 radical (unpaired) electrons. The van der Waals surface area contributed by atoms with E-state index in [1.54, 1.807) is 18.0 Å². The summed E-state index contributed by atoms with van der Waals surface area (Å²) in [4.78, 5) is 14.6. The van der Waals surface area contributed by atoms with Gasteiger partial charge in [0.2, 0.25) is 5.91 Å². The average Bonchev–Trinajstić information content (AvgIpc) is 2.91. The van der Waals surface area contributed by atoms with Crippen molar-refractivity contribution in [3.05, 3.63) is 33.8 Å². The van der Waals surface area contributed by atoms with E-state index in [0.29, 0.717) is 16.0 Å². The Balaban J connectivity index is 1.81. The van der Waals surface area contributed by atoms with E-state index in [1.165, 1.54) is 0 Å². The highest BCUT2D eigenvalue weighted by atomic mass is 35.5. The Kier molecular flexibility index (Phi) is 3.44. The lowest BCUT2D eigenvalue weighted by atomic mass is 9.78. The number of rotatable bonds is 1. The maximum Gasteiger partial charge on any atom is 0.240 e. The van der Waals surface area contributed by atoms with Gasteiger partial charge in [-0.2, -0.15) is 5.10 Å². The third-order valence-corrected chi connectivity index (χ3v) is 5.60. The minimum atomic E-state index is -0.139. The van der Waals surface area contributed by atoms with Crippen LogP contribution in [0.5, 0.6) is 0 Å². The van der Waals surface area contributed by atoms with E-state index < -0.39 is 0 Å². The van der Waals surface area contributed by atoms with Gasteiger partial charge in [0.25, 0.3) is 0 Å². The van der Waals surface area contributed by atoms with Gasteiger partial charge in [0, 0.05) is 22.9 Å². The predicted molar refractivity (Wildman–Crippen MR) is 87.2 cm³/mol. The quantitative estimate of drug-likeness (QED) is 0.787. The van der Waals surface area contributed by atoms with E-state index in [4.69, 9.17) is 23.2 Å². The Hall–Kier alpha value is -1.10. The van der Waals surface area contributed by atoms with Gasteiger partial charge in [0.15, 0.2) is 0 Å². The molecule has 2 atom stereocenters. The van der Waals surface area contributed by atoms with Crippen molar-refractivity contribution in [1.29, 1.82) is 0 Å². The van der Waals surface area contributed by atoms with E-state index in [0.717, 1.165) is 37.2 Å². The first-order valence-corrected chi connectivity index (χ1v) is 8.39. The summed E-state index contributed by atoms with van der Waals surface area (Å²) in [5.41, 5.74) is 2.08. The van der Waals surface area contributed by atoms with Gasteiger partial charge < -0.3 is 0 Å². The van der Waals surface area contributed by atoms with E-state index in [9.17, 15) is 4.79 Å². The van der Waals surface area contributed by atoms with E-state index in [-0.39, 0.29) is 18.0 Å². The molecule has 0 aromatic heterocycles. The van der Waals surface area contributed by atoms with Crippen molar-refractivity contribution in [3.63, 3.8) is 0 Å². The maximum absolute atomic E-state index is 12.1. The lowest BCUT2D eigenvalue weighted by molar-refractivity contribution is -0.131. The van der Waals surface area contributed by atoms with Gasteiger partial charge in [-0.15, -0.1) is 0 Å². The molecule has 3 fully saturated rings. The Morgan fingerprint density at radius 2 is 1.95 bits per heavy atom. The molecule has 22 heavy (non-hydrogen) atoms. The topological polar surface area (TPSA) is 35.9 Å². The standard InChI is InChI=1S/C16H17Cl2N3O/c1-9(22)21-15(12-3-2-11(17)8-13(12)18)16-14(19-21)10-4-6-20(16)7-5-10/h2-3,8,10,15-16H,4-7H2,1H3. The Bertz CT molecular complexity index is 667. The molecule has 4 heterocycles. The lowest BCUT2D eigenvalue weighted by Gasteiger charge is -2.46. The molecule has 4 nitrogen and oxygen atoms in total. The highest BCUT2D eigenvalue weighted by molar-refractivity contribution is 6.35. The first-order chi connectivity index (χ1) is 10.6. The molecule has 1 aromatic carbocycles. The Labute approximate surface area is 139 Å². The fourth-order valence-corrected chi connectivity index (χ4v) is 4.55. The van der Waals surface area contributed by atoms with Crippen LogP contribution in [0.25, 0.3) is 0 Å². The monoisotopic (exact) mass is 337 g/mol. The van der Waals surface area contributed by atoms with Gasteiger partial charge in [-0.25, -0.2) is 5.01 Å². The average molecular weight is 338 g/mol. The summed E-state index contributed by atoms with van der Waals surface area (Å²) in [6, 6.07) is 5.52. The minimum absolute atomic E-state index is 0.0430. The molecule has 2 bridgehead atoms. The fourth-order valence-electron chi connectivity index (χ4n) is 4.03. The van der Waals surface area contributed by atoms with Crippen LogP contribution in [-0.4, -0.2) is 40.7 Å². The number of nitrogens with zero attached hydrogens (tertiary/aromatic N) is 3. The maximum atomic E-state index is 12.1. The number of hydrogen-bond donors (Lipinski definition) is 0. The number of benzene rings is 1. The number of fused-ring (bicyclic) bond motifs is 2. The van der Waals surface area contributed by atoms with Crippen LogP contribution in [0.4, 0.5) is 0 Å². The van der Waals surface area contributed by atoms with Crippen LogP contribution in [-0.2, 0) is 4.79 Å². The smallest absolute Gasteiger partial charge is 0.240 e. The van der Waals surface area contributed by atoms with Crippen LogP contribution in [0, 0.1) is 5.92 Å². The molecular weight excluding hydrogens is 321 g/mol. The molecule has 1 aromatic rings. The molecule has 0 N–H and O–H groups in total. The van der Waals surface area contributed by atoms with Crippen molar-refractivity contribution in [3.8, 4) is 0 Å². The lowest BCUT2D eigenvalue weighted by Crippen LogP contribution is -2.56. The second-order valence-electron chi connectivity index (χ2n) is 6.25. The second-order valence-corrected chi connectivity index (χ2v) is 7.10. The van der Waals surface area contributed by atoms with Gasteiger partial charge >= 0.3 is 0 Å². The normalized spacial score (nSPS) is 32.9. The van der Waals surface area contributed by atoms with Crippen LogP contribution < -0.4 is 0 Å². The van der Waals surface area contributed by atoms with Crippen molar-refractivity contribution in [2.75, 3.05) is 13.1 Å². The predicted octanol–water partition coefficient (Wildman–Crippen LogP) is 3.35. The van der Waals surface area contributed by atoms with Crippen LogP contribution in [0.1, 0.15) is 31.4 Å². The largest absolute Gasteiger partial charge is 0.293 e.